The van der Waals surface area contributed by atoms with Crippen LogP contribution in [0, 0.1) is 0 Å². The summed E-state index contributed by atoms with van der Waals surface area (Å²) < 4.78 is 3.88. The molecule has 4 rings (SSSR count). The third-order valence-corrected chi connectivity index (χ3v) is 4.85. The lowest BCUT2D eigenvalue weighted by Gasteiger charge is -2.30. The highest BCUT2D eigenvalue weighted by molar-refractivity contribution is 5.76. The Morgan fingerprint density at radius 3 is 2.62 bits per heavy atom. The van der Waals surface area contributed by atoms with E-state index in [-0.39, 0.29) is 12.1 Å². The Bertz CT molecular complexity index is 823. The maximum absolute atomic E-state index is 10.5. The molecule has 1 aliphatic rings. The van der Waals surface area contributed by atoms with Gasteiger partial charge in [0, 0.05) is 12.6 Å². The van der Waals surface area contributed by atoms with E-state index in [0.717, 1.165) is 48.3 Å². The predicted octanol–water partition coefficient (Wildman–Crippen LogP) is 2.82. The van der Waals surface area contributed by atoms with Crippen molar-refractivity contribution in [3.63, 3.8) is 0 Å². The minimum Gasteiger partial charge on any atom is -0.391 e. The summed E-state index contributed by atoms with van der Waals surface area (Å²) in [5.41, 5.74) is 3.83. The second-order valence-corrected chi connectivity index (χ2v) is 6.38. The zero-order valence-electron chi connectivity index (χ0n) is 13.7. The van der Waals surface area contributed by atoms with Crippen LogP contribution in [-0.2, 0) is 7.05 Å². The first-order chi connectivity index (χ1) is 11.8. The van der Waals surface area contributed by atoms with Crippen LogP contribution in [0.15, 0.2) is 42.9 Å². The first-order valence-electron chi connectivity index (χ1n) is 8.41. The molecular formula is C18H21N5O. The number of hydrogen-bond donors (Lipinski definition) is 1. The molecule has 6 heteroatoms. The van der Waals surface area contributed by atoms with Gasteiger partial charge < -0.3 is 9.67 Å². The first kappa shape index (κ1) is 15.1. The first-order valence-corrected chi connectivity index (χ1v) is 8.41. The molecule has 1 aliphatic carbocycles. The molecule has 0 unspecified atom stereocenters. The summed E-state index contributed by atoms with van der Waals surface area (Å²) in [6.45, 7) is 0. The molecule has 0 bridgehead atoms. The van der Waals surface area contributed by atoms with Crippen LogP contribution in [0.3, 0.4) is 0 Å². The van der Waals surface area contributed by atoms with E-state index in [2.05, 4.69) is 32.0 Å². The average Bonchev–Trinajstić information content (AvgIpc) is 3.22. The minimum atomic E-state index is -0.337. The molecular weight excluding hydrogens is 302 g/mol. The van der Waals surface area contributed by atoms with Crippen LogP contribution in [0.5, 0.6) is 0 Å². The van der Waals surface area contributed by atoms with Crippen molar-refractivity contribution in [3.05, 3.63) is 42.9 Å². The number of aryl methyl sites for hydroxylation is 1. The molecule has 2 heterocycles. The van der Waals surface area contributed by atoms with Gasteiger partial charge in [0.15, 0.2) is 0 Å². The van der Waals surface area contributed by atoms with Crippen molar-refractivity contribution in [2.75, 3.05) is 0 Å². The Kier molecular flexibility index (Phi) is 3.90. The van der Waals surface area contributed by atoms with Crippen molar-refractivity contribution in [1.29, 1.82) is 0 Å². The standard InChI is InChI=1S/C18H21N5O/c1-22-15(11-20-21-22)18-17(13-7-3-2-4-8-13)19-12-23(18)14-9-5-6-10-16(14)24/h2-4,7-8,11-12,14,16,24H,5-6,9-10H2,1H3/t14-,16-/m1/s1. The van der Waals surface area contributed by atoms with Crippen LogP contribution in [0.4, 0.5) is 0 Å². The van der Waals surface area contributed by atoms with Crippen LogP contribution >= 0.6 is 0 Å². The van der Waals surface area contributed by atoms with E-state index >= 15 is 0 Å². The summed E-state index contributed by atoms with van der Waals surface area (Å²) in [6.07, 6.45) is 7.29. The third kappa shape index (κ3) is 2.53. The summed E-state index contributed by atoms with van der Waals surface area (Å²) in [5, 5.41) is 18.6. The van der Waals surface area contributed by atoms with Crippen molar-refractivity contribution in [2.24, 2.45) is 7.05 Å². The van der Waals surface area contributed by atoms with Crippen LogP contribution < -0.4 is 0 Å². The van der Waals surface area contributed by atoms with Crippen LogP contribution in [0.2, 0.25) is 0 Å². The summed E-state index contributed by atoms with van der Waals surface area (Å²) in [6, 6.07) is 10.2. The smallest absolute Gasteiger partial charge is 0.107 e. The largest absolute Gasteiger partial charge is 0.391 e. The molecule has 6 nitrogen and oxygen atoms in total. The number of aliphatic hydroxyl groups excluding tert-OH is 1. The Hall–Kier alpha value is -2.47. The van der Waals surface area contributed by atoms with Gasteiger partial charge in [-0.25, -0.2) is 9.67 Å². The Morgan fingerprint density at radius 1 is 1.12 bits per heavy atom. The fraction of sp³-hybridized carbons (Fsp3) is 0.389. The molecule has 24 heavy (non-hydrogen) atoms. The highest BCUT2D eigenvalue weighted by Gasteiger charge is 2.29. The summed E-state index contributed by atoms with van der Waals surface area (Å²) in [5.74, 6) is 0. The molecule has 2 aromatic heterocycles. The van der Waals surface area contributed by atoms with Gasteiger partial charge in [-0.2, -0.15) is 0 Å². The van der Waals surface area contributed by atoms with Crippen molar-refractivity contribution < 1.29 is 5.11 Å². The molecule has 0 saturated heterocycles. The number of rotatable bonds is 3. The highest BCUT2D eigenvalue weighted by Crippen LogP contribution is 2.37. The molecule has 124 valence electrons. The molecule has 0 amide bonds. The highest BCUT2D eigenvalue weighted by atomic mass is 16.3. The van der Waals surface area contributed by atoms with E-state index in [1.54, 1.807) is 10.9 Å². The van der Waals surface area contributed by atoms with E-state index in [4.69, 9.17) is 0 Å². The van der Waals surface area contributed by atoms with Crippen LogP contribution in [0.25, 0.3) is 22.6 Å². The normalized spacial score (nSPS) is 21.1. The summed E-state index contributed by atoms with van der Waals surface area (Å²) in [4.78, 5) is 4.68. The molecule has 0 spiro atoms. The van der Waals surface area contributed by atoms with Gasteiger partial charge in [-0.1, -0.05) is 48.4 Å². The van der Waals surface area contributed by atoms with Crippen LogP contribution in [0.1, 0.15) is 31.7 Å². The fourth-order valence-electron chi connectivity index (χ4n) is 3.59. The van der Waals surface area contributed by atoms with Crippen molar-refractivity contribution in [3.8, 4) is 22.6 Å². The molecule has 1 saturated carbocycles. The zero-order valence-corrected chi connectivity index (χ0v) is 13.7. The summed E-state index contributed by atoms with van der Waals surface area (Å²) in [7, 11) is 1.88. The number of benzene rings is 1. The Labute approximate surface area is 140 Å². The van der Waals surface area contributed by atoms with Gasteiger partial charge in [0.05, 0.1) is 36.1 Å². The lowest BCUT2D eigenvalue weighted by atomic mass is 9.92. The second kappa shape index (κ2) is 6.20. The third-order valence-electron chi connectivity index (χ3n) is 4.85. The number of aliphatic hydroxyl groups is 1. The zero-order chi connectivity index (χ0) is 16.5. The molecule has 3 aromatic rings. The molecule has 0 aliphatic heterocycles. The molecule has 1 N–H and O–H groups in total. The molecule has 1 fully saturated rings. The second-order valence-electron chi connectivity index (χ2n) is 6.38. The monoisotopic (exact) mass is 323 g/mol. The van der Waals surface area contributed by atoms with Gasteiger partial charge in [0.1, 0.15) is 5.69 Å². The molecule has 1 aromatic carbocycles. The number of hydrogen-bond acceptors (Lipinski definition) is 4. The van der Waals surface area contributed by atoms with Gasteiger partial charge >= 0.3 is 0 Å². The van der Waals surface area contributed by atoms with E-state index < -0.39 is 0 Å². The van der Waals surface area contributed by atoms with Crippen molar-refractivity contribution in [1.82, 2.24) is 24.5 Å². The maximum Gasteiger partial charge on any atom is 0.107 e. The lowest BCUT2D eigenvalue weighted by Crippen LogP contribution is -2.27. The Balaban J connectivity index is 1.89. The van der Waals surface area contributed by atoms with Crippen molar-refractivity contribution >= 4 is 0 Å². The van der Waals surface area contributed by atoms with E-state index in [1.807, 2.05) is 31.6 Å². The van der Waals surface area contributed by atoms with Gasteiger partial charge in [-0.3, -0.25) is 0 Å². The fourth-order valence-corrected chi connectivity index (χ4v) is 3.59. The van der Waals surface area contributed by atoms with Gasteiger partial charge in [-0.15, -0.1) is 5.10 Å². The maximum atomic E-state index is 10.5. The average molecular weight is 323 g/mol. The quantitative estimate of drug-likeness (QED) is 0.805. The van der Waals surface area contributed by atoms with E-state index in [0.29, 0.717) is 0 Å². The Morgan fingerprint density at radius 2 is 1.92 bits per heavy atom. The van der Waals surface area contributed by atoms with Gasteiger partial charge in [0.2, 0.25) is 0 Å². The van der Waals surface area contributed by atoms with Gasteiger partial charge in [0.25, 0.3) is 0 Å². The van der Waals surface area contributed by atoms with Crippen molar-refractivity contribution in [2.45, 2.75) is 37.8 Å². The topological polar surface area (TPSA) is 68.8 Å². The molecule has 0 radical (unpaired) electrons. The number of aromatic nitrogens is 5. The van der Waals surface area contributed by atoms with E-state index in [9.17, 15) is 5.11 Å². The molecule has 2 atom stereocenters. The SMILES string of the molecule is Cn1nncc1-c1c(-c2ccccc2)ncn1[C@@H]1CCCC[C@H]1O. The van der Waals surface area contributed by atoms with Crippen LogP contribution in [-0.4, -0.2) is 35.8 Å². The van der Waals surface area contributed by atoms with Gasteiger partial charge in [-0.05, 0) is 12.8 Å². The van der Waals surface area contributed by atoms with E-state index in [1.165, 1.54) is 0 Å². The lowest BCUT2D eigenvalue weighted by molar-refractivity contribution is 0.0761. The minimum absolute atomic E-state index is 0.0496. The number of nitrogens with zero attached hydrogens (tertiary/aromatic N) is 5. The predicted molar refractivity (Wildman–Crippen MR) is 91.2 cm³/mol. The summed E-state index contributed by atoms with van der Waals surface area (Å²) >= 11 is 0. The number of imidazole rings is 1.